The molecule has 0 aliphatic rings. The Morgan fingerprint density at radius 1 is 1.05 bits per heavy atom. The van der Waals surface area contributed by atoms with Gasteiger partial charge < -0.3 is 5.11 Å². The zero-order valence-corrected chi connectivity index (χ0v) is 12.0. The third-order valence-electron chi connectivity index (χ3n) is 3.24. The van der Waals surface area contributed by atoms with Crippen LogP contribution in [0.3, 0.4) is 0 Å². The van der Waals surface area contributed by atoms with Crippen molar-refractivity contribution in [2.24, 2.45) is 0 Å². The minimum Gasteiger partial charge on any atom is -0.477 e. The Morgan fingerprint density at radius 3 is 2.27 bits per heavy atom. The third-order valence-corrected chi connectivity index (χ3v) is 3.49. The van der Waals surface area contributed by atoms with Crippen LogP contribution >= 0.6 is 11.6 Å². The van der Waals surface area contributed by atoms with Crippen molar-refractivity contribution in [1.82, 2.24) is 9.55 Å². The largest absolute Gasteiger partial charge is 0.477 e. The summed E-state index contributed by atoms with van der Waals surface area (Å²) in [5.74, 6) is -1.20. The number of hydrogen-bond acceptors (Lipinski definition) is 2. The van der Waals surface area contributed by atoms with Crippen LogP contribution in [-0.4, -0.2) is 20.6 Å². The zero-order chi connectivity index (χ0) is 15.7. The van der Waals surface area contributed by atoms with Crippen molar-refractivity contribution in [3.63, 3.8) is 0 Å². The van der Waals surface area contributed by atoms with Gasteiger partial charge in [-0.05, 0) is 24.3 Å². The van der Waals surface area contributed by atoms with Crippen LogP contribution in [0.25, 0.3) is 16.9 Å². The first-order chi connectivity index (χ1) is 10.6. The maximum absolute atomic E-state index is 12.2. The molecule has 0 aliphatic heterocycles. The highest BCUT2D eigenvalue weighted by Gasteiger charge is 2.21. The summed E-state index contributed by atoms with van der Waals surface area (Å²) in [7, 11) is 0. The summed E-state index contributed by atoms with van der Waals surface area (Å²) in [6.45, 7) is 0. The molecule has 2 aromatic carbocycles. The quantitative estimate of drug-likeness (QED) is 0.779. The standard InChI is InChI=1S/C16H11ClN2O3/c17-11-8-6-10(7-9-11)14-13(15(20)21)18-16(22)19(14)12-4-2-1-3-5-12/h1-9H,(H,18,22)(H,20,21). The summed E-state index contributed by atoms with van der Waals surface area (Å²) in [4.78, 5) is 26.1. The van der Waals surface area contributed by atoms with Gasteiger partial charge in [0.2, 0.25) is 0 Å². The number of H-pyrrole nitrogens is 1. The van der Waals surface area contributed by atoms with Gasteiger partial charge in [0, 0.05) is 10.6 Å². The van der Waals surface area contributed by atoms with Crippen LogP contribution in [0.1, 0.15) is 10.5 Å². The van der Waals surface area contributed by atoms with Crippen LogP contribution < -0.4 is 5.69 Å². The Hall–Kier alpha value is -2.79. The number of aromatic amines is 1. The molecule has 2 N–H and O–H groups in total. The first-order valence-electron chi connectivity index (χ1n) is 6.47. The smallest absolute Gasteiger partial charge is 0.354 e. The van der Waals surface area contributed by atoms with Gasteiger partial charge in [0.05, 0.1) is 11.4 Å². The van der Waals surface area contributed by atoms with E-state index in [-0.39, 0.29) is 5.69 Å². The molecule has 1 aromatic heterocycles. The fourth-order valence-corrected chi connectivity index (χ4v) is 2.42. The predicted molar refractivity (Wildman–Crippen MR) is 83.8 cm³/mol. The number of para-hydroxylation sites is 1. The molecule has 0 spiro atoms. The Kier molecular flexibility index (Phi) is 3.56. The summed E-state index contributed by atoms with van der Waals surface area (Å²) in [5.41, 5.74) is 0.801. The monoisotopic (exact) mass is 314 g/mol. The molecule has 3 rings (SSSR count). The first-order valence-corrected chi connectivity index (χ1v) is 6.85. The minimum atomic E-state index is -1.20. The summed E-state index contributed by atoms with van der Waals surface area (Å²) in [6.07, 6.45) is 0. The molecular weight excluding hydrogens is 304 g/mol. The van der Waals surface area contributed by atoms with E-state index in [4.69, 9.17) is 11.6 Å². The number of hydrogen-bond donors (Lipinski definition) is 2. The number of rotatable bonds is 3. The number of nitrogens with zero attached hydrogens (tertiary/aromatic N) is 1. The molecule has 0 saturated carbocycles. The number of nitrogens with one attached hydrogen (secondary N) is 1. The van der Waals surface area contributed by atoms with Gasteiger partial charge in [-0.15, -0.1) is 0 Å². The lowest BCUT2D eigenvalue weighted by molar-refractivity contribution is 0.0692. The molecule has 0 atom stereocenters. The molecule has 0 bridgehead atoms. The number of imidazole rings is 1. The molecule has 22 heavy (non-hydrogen) atoms. The van der Waals surface area contributed by atoms with Crippen LogP contribution in [0.15, 0.2) is 59.4 Å². The van der Waals surface area contributed by atoms with Gasteiger partial charge in [0.25, 0.3) is 0 Å². The second kappa shape index (κ2) is 5.54. The summed E-state index contributed by atoms with van der Waals surface area (Å²) >= 11 is 5.87. The van der Waals surface area contributed by atoms with Crippen LogP contribution in [0, 0.1) is 0 Å². The van der Waals surface area contributed by atoms with E-state index < -0.39 is 11.7 Å². The fraction of sp³-hybridized carbons (Fsp3) is 0. The van der Waals surface area contributed by atoms with E-state index in [0.717, 1.165) is 0 Å². The van der Waals surface area contributed by atoms with E-state index in [1.165, 1.54) is 4.57 Å². The molecule has 0 aliphatic carbocycles. The minimum absolute atomic E-state index is 0.156. The predicted octanol–water partition coefficient (Wildman–Crippen LogP) is 3.18. The SMILES string of the molecule is O=C(O)c1[nH]c(=O)n(-c2ccccc2)c1-c1ccc(Cl)cc1. The maximum atomic E-state index is 12.2. The van der Waals surface area contributed by atoms with Crippen LogP contribution in [0.5, 0.6) is 0 Å². The molecule has 6 heteroatoms. The summed E-state index contributed by atoms with van der Waals surface area (Å²) in [6, 6.07) is 15.5. The van der Waals surface area contributed by atoms with Crippen LogP contribution in [-0.2, 0) is 0 Å². The van der Waals surface area contributed by atoms with E-state index in [1.807, 2.05) is 6.07 Å². The average Bonchev–Trinajstić information content (AvgIpc) is 2.86. The number of halogens is 1. The Morgan fingerprint density at radius 2 is 1.68 bits per heavy atom. The third kappa shape index (κ3) is 2.42. The van der Waals surface area contributed by atoms with Crippen LogP contribution in [0.2, 0.25) is 5.02 Å². The number of carboxylic acid groups (broad SMARTS) is 1. The Balaban J connectivity index is 2.33. The molecule has 0 saturated heterocycles. The number of benzene rings is 2. The van der Waals surface area contributed by atoms with E-state index in [1.54, 1.807) is 48.5 Å². The highest BCUT2D eigenvalue weighted by atomic mass is 35.5. The van der Waals surface area contributed by atoms with Crippen molar-refractivity contribution in [2.45, 2.75) is 0 Å². The molecule has 110 valence electrons. The Bertz CT molecular complexity index is 880. The van der Waals surface area contributed by atoms with Crippen molar-refractivity contribution < 1.29 is 9.90 Å². The van der Waals surface area contributed by atoms with Gasteiger partial charge >= 0.3 is 11.7 Å². The average molecular weight is 315 g/mol. The molecule has 0 unspecified atom stereocenters. The molecular formula is C16H11ClN2O3. The first kappa shape index (κ1) is 14.2. The summed E-state index contributed by atoms with van der Waals surface area (Å²) < 4.78 is 1.34. The normalized spacial score (nSPS) is 10.6. The number of aromatic carboxylic acids is 1. The molecule has 0 radical (unpaired) electrons. The number of aromatic nitrogens is 2. The van der Waals surface area contributed by atoms with Crippen molar-refractivity contribution in [2.75, 3.05) is 0 Å². The lowest BCUT2D eigenvalue weighted by Gasteiger charge is -2.08. The lowest BCUT2D eigenvalue weighted by Crippen LogP contribution is -2.15. The van der Waals surface area contributed by atoms with Crippen molar-refractivity contribution in [3.05, 3.63) is 75.8 Å². The van der Waals surface area contributed by atoms with Gasteiger partial charge in [-0.2, -0.15) is 0 Å². The molecule has 5 nitrogen and oxygen atoms in total. The lowest BCUT2D eigenvalue weighted by atomic mass is 10.1. The van der Waals surface area contributed by atoms with E-state index in [2.05, 4.69) is 4.98 Å². The number of carbonyl (C=O) groups is 1. The highest BCUT2D eigenvalue weighted by Crippen LogP contribution is 2.26. The van der Waals surface area contributed by atoms with Crippen LogP contribution in [0.4, 0.5) is 0 Å². The van der Waals surface area contributed by atoms with Gasteiger partial charge in [0.1, 0.15) is 0 Å². The Labute approximate surface area is 130 Å². The van der Waals surface area contributed by atoms with Gasteiger partial charge in [-0.1, -0.05) is 41.9 Å². The second-order valence-corrected chi connectivity index (χ2v) is 5.07. The fourth-order valence-electron chi connectivity index (χ4n) is 2.29. The zero-order valence-electron chi connectivity index (χ0n) is 11.3. The van der Waals surface area contributed by atoms with Crippen molar-refractivity contribution >= 4 is 17.6 Å². The van der Waals surface area contributed by atoms with E-state index >= 15 is 0 Å². The van der Waals surface area contributed by atoms with Gasteiger partial charge in [-0.25, -0.2) is 9.59 Å². The maximum Gasteiger partial charge on any atom is 0.354 e. The molecule has 0 fully saturated rings. The molecule has 1 heterocycles. The number of carboxylic acids is 1. The van der Waals surface area contributed by atoms with Crippen molar-refractivity contribution in [1.29, 1.82) is 0 Å². The van der Waals surface area contributed by atoms with Crippen molar-refractivity contribution in [3.8, 4) is 16.9 Å². The highest BCUT2D eigenvalue weighted by molar-refractivity contribution is 6.30. The second-order valence-electron chi connectivity index (χ2n) is 4.64. The topological polar surface area (TPSA) is 75.1 Å². The molecule has 0 amide bonds. The van der Waals surface area contributed by atoms with Gasteiger partial charge in [-0.3, -0.25) is 9.55 Å². The van der Waals surface area contributed by atoms with Gasteiger partial charge in [0.15, 0.2) is 5.69 Å². The van der Waals surface area contributed by atoms with E-state index in [0.29, 0.717) is 22.0 Å². The van der Waals surface area contributed by atoms with E-state index in [9.17, 15) is 14.7 Å². The molecule has 3 aromatic rings. The summed E-state index contributed by atoms with van der Waals surface area (Å²) in [5, 5.41) is 9.89.